The molecule has 1 aliphatic heterocycles. The summed E-state index contributed by atoms with van der Waals surface area (Å²) in [6.07, 6.45) is 0. The first-order valence-corrected chi connectivity index (χ1v) is 8.04. The summed E-state index contributed by atoms with van der Waals surface area (Å²) in [5, 5.41) is 3.48. The molecular formula is C19H22F2N2. The lowest BCUT2D eigenvalue weighted by molar-refractivity contribution is 0.113. The Hall–Kier alpha value is -1.78. The molecule has 1 saturated heterocycles. The molecule has 4 heteroatoms. The van der Waals surface area contributed by atoms with Gasteiger partial charge in [-0.2, -0.15) is 0 Å². The van der Waals surface area contributed by atoms with Crippen molar-refractivity contribution in [3.8, 4) is 0 Å². The molecule has 1 N–H and O–H groups in total. The van der Waals surface area contributed by atoms with Crippen LogP contribution >= 0.6 is 0 Å². The number of hydrogen-bond acceptors (Lipinski definition) is 2. The topological polar surface area (TPSA) is 15.3 Å². The van der Waals surface area contributed by atoms with Crippen molar-refractivity contribution in [3.05, 3.63) is 71.3 Å². The predicted molar refractivity (Wildman–Crippen MR) is 88.3 cm³/mol. The molecule has 0 aliphatic carbocycles. The Morgan fingerprint density at radius 3 is 1.87 bits per heavy atom. The van der Waals surface area contributed by atoms with Crippen LogP contribution in [0.5, 0.6) is 0 Å². The third-order valence-corrected chi connectivity index (χ3v) is 4.52. The number of halogens is 2. The number of piperazine rings is 1. The van der Waals surface area contributed by atoms with E-state index in [4.69, 9.17) is 0 Å². The summed E-state index contributed by atoms with van der Waals surface area (Å²) in [7, 11) is 0. The SMILES string of the molecule is C[C@@H]1CN(C(c2ccc(F)cc2)c2ccc(F)cc2)[C@@H](C)CN1. The van der Waals surface area contributed by atoms with Crippen molar-refractivity contribution in [2.75, 3.05) is 13.1 Å². The fraction of sp³-hybridized carbons (Fsp3) is 0.368. The lowest BCUT2D eigenvalue weighted by Gasteiger charge is -2.43. The maximum Gasteiger partial charge on any atom is 0.123 e. The van der Waals surface area contributed by atoms with E-state index in [-0.39, 0.29) is 17.7 Å². The molecule has 0 unspecified atom stereocenters. The zero-order chi connectivity index (χ0) is 16.4. The van der Waals surface area contributed by atoms with Crippen molar-refractivity contribution in [1.82, 2.24) is 10.2 Å². The van der Waals surface area contributed by atoms with Crippen LogP contribution in [0.1, 0.15) is 31.0 Å². The Balaban J connectivity index is 2.01. The molecule has 2 aromatic carbocycles. The molecule has 0 radical (unpaired) electrons. The maximum absolute atomic E-state index is 13.3. The summed E-state index contributed by atoms with van der Waals surface area (Å²) in [6, 6.07) is 14.0. The molecule has 0 spiro atoms. The molecule has 1 heterocycles. The molecule has 1 aliphatic rings. The van der Waals surface area contributed by atoms with Gasteiger partial charge in [-0.1, -0.05) is 24.3 Å². The largest absolute Gasteiger partial charge is 0.311 e. The van der Waals surface area contributed by atoms with Gasteiger partial charge in [-0.15, -0.1) is 0 Å². The first-order chi connectivity index (χ1) is 11.0. The summed E-state index contributed by atoms with van der Waals surface area (Å²) >= 11 is 0. The average molecular weight is 316 g/mol. The van der Waals surface area contributed by atoms with E-state index in [0.29, 0.717) is 12.1 Å². The van der Waals surface area contributed by atoms with Gasteiger partial charge in [-0.25, -0.2) is 8.78 Å². The third kappa shape index (κ3) is 3.59. The minimum absolute atomic E-state index is 0.00394. The van der Waals surface area contributed by atoms with E-state index in [1.54, 1.807) is 0 Å². The van der Waals surface area contributed by atoms with Crippen LogP contribution in [0.4, 0.5) is 8.78 Å². The van der Waals surface area contributed by atoms with Crippen LogP contribution in [0.15, 0.2) is 48.5 Å². The van der Waals surface area contributed by atoms with Gasteiger partial charge >= 0.3 is 0 Å². The highest BCUT2D eigenvalue weighted by Crippen LogP contribution is 2.31. The number of rotatable bonds is 3. The molecule has 2 aromatic rings. The highest BCUT2D eigenvalue weighted by atomic mass is 19.1. The van der Waals surface area contributed by atoms with Crippen LogP contribution in [-0.2, 0) is 0 Å². The zero-order valence-electron chi connectivity index (χ0n) is 13.5. The molecule has 1 fully saturated rings. The van der Waals surface area contributed by atoms with Crippen molar-refractivity contribution >= 4 is 0 Å². The van der Waals surface area contributed by atoms with Crippen molar-refractivity contribution in [2.45, 2.75) is 32.0 Å². The minimum Gasteiger partial charge on any atom is -0.311 e. The Bertz CT molecular complexity index is 594. The first kappa shape index (κ1) is 16.1. The smallest absolute Gasteiger partial charge is 0.123 e. The second kappa shape index (κ2) is 6.77. The zero-order valence-corrected chi connectivity index (χ0v) is 13.5. The fourth-order valence-corrected chi connectivity index (χ4v) is 3.28. The van der Waals surface area contributed by atoms with E-state index < -0.39 is 0 Å². The molecule has 23 heavy (non-hydrogen) atoms. The van der Waals surface area contributed by atoms with Crippen LogP contribution in [0.3, 0.4) is 0 Å². The summed E-state index contributed by atoms with van der Waals surface area (Å²) in [5.41, 5.74) is 2.05. The average Bonchev–Trinajstić information content (AvgIpc) is 2.54. The van der Waals surface area contributed by atoms with Crippen LogP contribution in [-0.4, -0.2) is 30.1 Å². The highest BCUT2D eigenvalue weighted by molar-refractivity contribution is 5.32. The maximum atomic E-state index is 13.3. The quantitative estimate of drug-likeness (QED) is 0.928. The van der Waals surface area contributed by atoms with E-state index in [1.165, 1.54) is 24.3 Å². The van der Waals surface area contributed by atoms with Crippen molar-refractivity contribution < 1.29 is 8.78 Å². The van der Waals surface area contributed by atoms with Gasteiger partial charge in [0.05, 0.1) is 6.04 Å². The molecule has 0 amide bonds. The van der Waals surface area contributed by atoms with Gasteiger partial charge in [0, 0.05) is 25.2 Å². The molecule has 3 rings (SSSR count). The second-order valence-corrected chi connectivity index (χ2v) is 6.36. The van der Waals surface area contributed by atoms with Gasteiger partial charge in [0.15, 0.2) is 0 Å². The van der Waals surface area contributed by atoms with Crippen molar-refractivity contribution in [2.24, 2.45) is 0 Å². The number of nitrogens with zero attached hydrogens (tertiary/aromatic N) is 1. The Morgan fingerprint density at radius 1 is 0.913 bits per heavy atom. The molecule has 2 atom stereocenters. The first-order valence-electron chi connectivity index (χ1n) is 8.04. The van der Waals surface area contributed by atoms with E-state index in [9.17, 15) is 8.78 Å². The van der Waals surface area contributed by atoms with E-state index in [2.05, 4.69) is 24.1 Å². The van der Waals surface area contributed by atoms with E-state index >= 15 is 0 Å². The lowest BCUT2D eigenvalue weighted by atomic mass is 9.94. The minimum atomic E-state index is -0.242. The number of benzene rings is 2. The molecule has 2 nitrogen and oxygen atoms in total. The van der Waals surface area contributed by atoms with Crippen molar-refractivity contribution in [1.29, 1.82) is 0 Å². The lowest BCUT2D eigenvalue weighted by Crippen LogP contribution is -2.55. The number of nitrogens with one attached hydrogen (secondary N) is 1. The number of hydrogen-bond donors (Lipinski definition) is 1. The van der Waals surface area contributed by atoms with Crippen molar-refractivity contribution in [3.63, 3.8) is 0 Å². The predicted octanol–water partition coefficient (Wildman–Crippen LogP) is 3.74. The Labute approximate surface area is 136 Å². The van der Waals surface area contributed by atoms with Crippen LogP contribution in [0.25, 0.3) is 0 Å². The highest BCUT2D eigenvalue weighted by Gasteiger charge is 2.30. The van der Waals surface area contributed by atoms with Gasteiger partial charge in [-0.3, -0.25) is 4.90 Å². The summed E-state index contributed by atoms with van der Waals surface area (Å²) < 4.78 is 26.6. The van der Waals surface area contributed by atoms with Gasteiger partial charge in [0.2, 0.25) is 0 Å². The van der Waals surface area contributed by atoms with Crippen LogP contribution in [0, 0.1) is 11.6 Å². The van der Waals surface area contributed by atoms with Gasteiger partial charge in [0.25, 0.3) is 0 Å². The summed E-state index contributed by atoms with van der Waals surface area (Å²) in [6.45, 7) is 6.13. The fourth-order valence-electron chi connectivity index (χ4n) is 3.28. The van der Waals surface area contributed by atoms with E-state index in [1.807, 2.05) is 24.3 Å². The second-order valence-electron chi connectivity index (χ2n) is 6.36. The summed E-state index contributed by atoms with van der Waals surface area (Å²) in [4.78, 5) is 2.40. The van der Waals surface area contributed by atoms with Gasteiger partial charge < -0.3 is 5.32 Å². The normalized spacial score (nSPS) is 22.5. The van der Waals surface area contributed by atoms with Gasteiger partial charge in [-0.05, 0) is 49.2 Å². The molecule has 122 valence electrons. The Morgan fingerprint density at radius 2 is 1.39 bits per heavy atom. The monoisotopic (exact) mass is 316 g/mol. The standard InChI is InChI=1S/C19H22F2N2/c1-13-12-23(14(2)11-22-13)19(15-3-7-17(20)8-4-15)16-5-9-18(21)10-6-16/h3-10,13-14,19,22H,11-12H2,1-2H3/t13-,14+/m1/s1. The molecule has 0 saturated carbocycles. The Kier molecular flexibility index (Phi) is 4.74. The summed E-state index contributed by atoms with van der Waals surface area (Å²) in [5.74, 6) is -0.485. The molecular weight excluding hydrogens is 294 g/mol. The van der Waals surface area contributed by atoms with E-state index in [0.717, 1.165) is 24.2 Å². The third-order valence-electron chi connectivity index (χ3n) is 4.52. The van der Waals surface area contributed by atoms with Crippen LogP contribution in [0.2, 0.25) is 0 Å². The van der Waals surface area contributed by atoms with Crippen LogP contribution < -0.4 is 5.32 Å². The molecule has 0 bridgehead atoms. The molecule has 0 aromatic heterocycles. The van der Waals surface area contributed by atoms with Gasteiger partial charge in [0.1, 0.15) is 11.6 Å².